The van der Waals surface area contributed by atoms with Crippen LogP contribution in [0, 0.1) is 17.8 Å². The van der Waals surface area contributed by atoms with Gasteiger partial charge in [-0.05, 0) is 36.5 Å². The minimum Gasteiger partial charge on any atom is -0.497 e. The minimum absolute atomic E-state index is 0.0851. The number of hydrogen-bond acceptors (Lipinski definition) is 4. The van der Waals surface area contributed by atoms with Crippen molar-refractivity contribution in [3.05, 3.63) is 29.8 Å². The summed E-state index contributed by atoms with van der Waals surface area (Å²) in [7, 11) is 1.62. The minimum atomic E-state index is -0.160. The SMILES string of the molecule is COc1ccc([C@H](NC(=O)CCN2C(=O)[C@H]3CCCC[C@@H]3C2=O)C(C)C)cc1. The topological polar surface area (TPSA) is 75.7 Å². The fourth-order valence-electron chi connectivity index (χ4n) is 4.36. The molecule has 2 fully saturated rings. The number of carbonyl (C=O) groups is 3. The molecule has 1 heterocycles. The molecule has 0 bridgehead atoms. The molecule has 1 saturated heterocycles. The number of likely N-dealkylation sites (tertiary alicyclic amines) is 1. The van der Waals surface area contributed by atoms with Gasteiger partial charge in [0.25, 0.3) is 0 Å². The number of fused-ring (bicyclic) bond motifs is 1. The van der Waals surface area contributed by atoms with Crippen molar-refractivity contribution in [2.75, 3.05) is 13.7 Å². The van der Waals surface area contributed by atoms with Crippen molar-refractivity contribution >= 4 is 17.7 Å². The van der Waals surface area contributed by atoms with Crippen LogP contribution in [0.1, 0.15) is 57.6 Å². The molecule has 1 aliphatic carbocycles. The highest BCUT2D eigenvalue weighted by Crippen LogP contribution is 2.38. The zero-order valence-corrected chi connectivity index (χ0v) is 16.9. The van der Waals surface area contributed by atoms with Crippen molar-refractivity contribution in [3.8, 4) is 5.75 Å². The molecule has 0 unspecified atom stereocenters. The highest BCUT2D eigenvalue weighted by Gasteiger charge is 2.47. The number of nitrogens with one attached hydrogen (secondary N) is 1. The molecule has 1 aliphatic heterocycles. The molecule has 0 spiro atoms. The number of methoxy groups -OCH3 is 1. The summed E-state index contributed by atoms with van der Waals surface area (Å²) in [5.74, 6) is 0.334. The van der Waals surface area contributed by atoms with Crippen LogP contribution in [0.4, 0.5) is 0 Å². The van der Waals surface area contributed by atoms with E-state index in [1.54, 1.807) is 7.11 Å². The average Bonchev–Trinajstić information content (AvgIpc) is 2.95. The van der Waals surface area contributed by atoms with Crippen LogP contribution in [0.3, 0.4) is 0 Å². The van der Waals surface area contributed by atoms with E-state index in [9.17, 15) is 14.4 Å². The number of rotatable bonds is 7. The average molecular weight is 386 g/mol. The Hall–Kier alpha value is -2.37. The molecule has 1 aromatic carbocycles. The number of imide groups is 1. The lowest BCUT2D eigenvalue weighted by atomic mass is 9.81. The van der Waals surface area contributed by atoms with Crippen LogP contribution in [-0.2, 0) is 14.4 Å². The Labute approximate surface area is 166 Å². The highest BCUT2D eigenvalue weighted by atomic mass is 16.5. The van der Waals surface area contributed by atoms with Crippen LogP contribution < -0.4 is 10.1 Å². The Kier molecular flexibility index (Phi) is 6.37. The number of nitrogens with zero attached hydrogens (tertiary/aromatic N) is 1. The molecule has 0 aromatic heterocycles. The van der Waals surface area contributed by atoms with Crippen molar-refractivity contribution in [3.63, 3.8) is 0 Å². The molecule has 3 amide bonds. The lowest BCUT2D eigenvalue weighted by Gasteiger charge is -2.24. The molecule has 1 aromatic rings. The molecule has 2 aliphatic rings. The summed E-state index contributed by atoms with van der Waals surface area (Å²) in [6.45, 7) is 4.27. The Bertz CT molecular complexity index is 705. The van der Waals surface area contributed by atoms with Gasteiger partial charge >= 0.3 is 0 Å². The summed E-state index contributed by atoms with van der Waals surface area (Å²) in [6.07, 6.45) is 3.74. The number of hydrogen-bond donors (Lipinski definition) is 1. The summed E-state index contributed by atoms with van der Waals surface area (Å²) in [4.78, 5) is 38.9. The summed E-state index contributed by atoms with van der Waals surface area (Å²) < 4.78 is 5.19. The highest BCUT2D eigenvalue weighted by molar-refractivity contribution is 6.05. The quantitative estimate of drug-likeness (QED) is 0.731. The van der Waals surface area contributed by atoms with E-state index in [4.69, 9.17) is 4.74 Å². The maximum Gasteiger partial charge on any atom is 0.233 e. The van der Waals surface area contributed by atoms with Crippen molar-refractivity contribution < 1.29 is 19.1 Å². The summed E-state index contributed by atoms with van der Waals surface area (Å²) >= 11 is 0. The van der Waals surface area contributed by atoms with E-state index in [-0.39, 0.29) is 54.5 Å². The zero-order valence-electron chi connectivity index (χ0n) is 16.9. The number of benzene rings is 1. The molecule has 1 saturated carbocycles. The first-order valence-electron chi connectivity index (χ1n) is 10.2. The normalized spacial score (nSPS) is 22.9. The number of ether oxygens (including phenoxy) is 1. The second-order valence-electron chi connectivity index (χ2n) is 8.14. The van der Waals surface area contributed by atoms with Crippen molar-refractivity contribution in [2.45, 2.75) is 52.0 Å². The molecular weight excluding hydrogens is 356 g/mol. The lowest BCUT2D eigenvalue weighted by Crippen LogP contribution is -2.37. The van der Waals surface area contributed by atoms with E-state index >= 15 is 0 Å². The molecular formula is C22H30N2O4. The second-order valence-corrected chi connectivity index (χ2v) is 8.14. The largest absolute Gasteiger partial charge is 0.497 e. The molecule has 152 valence electrons. The molecule has 1 N–H and O–H groups in total. The fourth-order valence-corrected chi connectivity index (χ4v) is 4.36. The standard InChI is InChI=1S/C22H30N2O4/c1-14(2)20(15-8-10-16(28-3)11-9-15)23-19(25)12-13-24-21(26)17-6-4-5-7-18(17)22(24)27/h8-11,14,17-18,20H,4-7,12-13H2,1-3H3,(H,23,25)/t17-,18-,20+/m0/s1. The van der Waals surface area contributed by atoms with Gasteiger partial charge in [-0.2, -0.15) is 0 Å². The van der Waals surface area contributed by atoms with Crippen LogP contribution in [0.5, 0.6) is 5.75 Å². The second kappa shape index (κ2) is 8.76. The van der Waals surface area contributed by atoms with E-state index in [0.717, 1.165) is 37.0 Å². The Morgan fingerprint density at radius 1 is 1.11 bits per heavy atom. The van der Waals surface area contributed by atoms with Crippen LogP contribution in [0.25, 0.3) is 0 Å². The Morgan fingerprint density at radius 3 is 2.18 bits per heavy atom. The molecule has 6 nitrogen and oxygen atoms in total. The van der Waals surface area contributed by atoms with E-state index in [1.807, 2.05) is 38.1 Å². The fraction of sp³-hybridized carbons (Fsp3) is 0.591. The zero-order chi connectivity index (χ0) is 20.3. The van der Waals surface area contributed by atoms with E-state index < -0.39 is 0 Å². The van der Waals surface area contributed by atoms with Gasteiger partial charge in [-0.3, -0.25) is 19.3 Å². The molecule has 0 radical (unpaired) electrons. The third-order valence-electron chi connectivity index (χ3n) is 5.95. The third-order valence-corrected chi connectivity index (χ3v) is 5.95. The lowest BCUT2D eigenvalue weighted by molar-refractivity contribution is -0.140. The van der Waals surface area contributed by atoms with Gasteiger partial charge < -0.3 is 10.1 Å². The molecule has 28 heavy (non-hydrogen) atoms. The summed E-state index contributed by atoms with van der Waals surface area (Å²) in [5, 5.41) is 3.06. The van der Waals surface area contributed by atoms with Gasteiger partial charge in [-0.1, -0.05) is 38.8 Å². The number of amides is 3. The maximum absolute atomic E-state index is 12.6. The summed E-state index contributed by atoms with van der Waals surface area (Å²) in [6, 6.07) is 7.51. The van der Waals surface area contributed by atoms with Crippen LogP contribution >= 0.6 is 0 Å². The van der Waals surface area contributed by atoms with Gasteiger partial charge in [0.2, 0.25) is 17.7 Å². The van der Waals surface area contributed by atoms with Gasteiger partial charge in [0.15, 0.2) is 0 Å². The van der Waals surface area contributed by atoms with Crippen LogP contribution in [-0.4, -0.2) is 36.3 Å². The van der Waals surface area contributed by atoms with Crippen molar-refractivity contribution in [1.82, 2.24) is 10.2 Å². The molecule has 6 heteroatoms. The predicted octanol–water partition coefficient (Wildman–Crippen LogP) is 3.07. The summed E-state index contributed by atoms with van der Waals surface area (Å²) in [5.41, 5.74) is 1.00. The smallest absolute Gasteiger partial charge is 0.233 e. The van der Waals surface area contributed by atoms with Crippen LogP contribution in [0.2, 0.25) is 0 Å². The van der Waals surface area contributed by atoms with Gasteiger partial charge in [0.05, 0.1) is 25.0 Å². The Morgan fingerprint density at radius 2 is 1.68 bits per heavy atom. The van der Waals surface area contributed by atoms with E-state index in [1.165, 1.54) is 4.90 Å². The van der Waals surface area contributed by atoms with Crippen LogP contribution in [0.15, 0.2) is 24.3 Å². The first kappa shape index (κ1) is 20.4. The maximum atomic E-state index is 12.6. The first-order valence-corrected chi connectivity index (χ1v) is 10.2. The predicted molar refractivity (Wildman–Crippen MR) is 106 cm³/mol. The van der Waals surface area contributed by atoms with E-state index in [2.05, 4.69) is 5.32 Å². The monoisotopic (exact) mass is 386 g/mol. The molecule has 3 rings (SSSR count). The molecule has 3 atom stereocenters. The third kappa shape index (κ3) is 4.21. The van der Waals surface area contributed by atoms with Crippen molar-refractivity contribution in [2.24, 2.45) is 17.8 Å². The van der Waals surface area contributed by atoms with Crippen molar-refractivity contribution in [1.29, 1.82) is 0 Å². The van der Waals surface area contributed by atoms with E-state index in [0.29, 0.717) is 0 Å². The van der Waals surface area contributed by atoms with Gasteiger partial charge in [-0.25, -0.2) is 0 Å². The van der Waals surface area contributed by atoms with Gasteiger partial charge in [0, 0.05) is 13.0 Å². The number of carbonyl (C=O) groups excluding carboxylic acids is 3. The van der Waals surface area contributed by atoms with Gasteiger partial charge in [-0.15, -0.1) is 0 Å². The Balaban J connectivity index is 1.59. The first-order chi connectivity index (χ1) is 13.4. The van der Waals surface area contributed by atoms with Gasteiger partial charge in [0.1, 0.15) is 5.75 Å².